The largest absolute Gasteiger partial charge is 0.465 e. The van der Waals surface area contributed by atoms with E-state index in [0.717, 1.165) is 19.3 Å². The van der Waals surface area contributed by atoms with Crippen LogP contribution in [0.4, 0.5) is 0 Å². The summed E-state index contributed by atoms with van der Waals surface area (Å²) in [6, 6.07) is 0. The average molecular weight is 214 g/mol. The van der Waals surface area contributed by atoms with Gasteiger partial charge in [-0.15, -0.1) is 0 Å². The van der Waals surface area contributed by atoms with E-state index in [9.17, 15) is 9.90 Å². The number of esters is 1. The Kier molecular flexibility index (Phi) is 3.44. The first-order valence-electron chi connectivity index (χ1n) is 5.61. The highest BCUT2D eigenvalue weighted by molar-refractivity contribution is 5.65. The predicted molar refractivity (Wildman–Crippen MR) is 58.4 cm³/mol. The van der Waals surface area contributed by atoms with Crippen LogP contribution in [-0.4, -0.2) is 23.3 Å². The third kappa shape index (κ3) is 2.94. The Balaban J connectivity index is 2.72. The normalized spacial score (nSPS) is 34.9. The van der Waals surface area contributed by atoms with Gasteiger partial charge in [0, 0.05) is 12.8 Å². The van der Waals surface area contributed by atoms with Crippen molar-refractivity contribution in [2.45, 2.75) is 52.6 Å². The molecule has 1 fully saturated rings. The van der Waals surface area contributed by atoms with Gasteiger partial charge in [0.15, 0.2) is 0 Å². The lowest BCUT2D eigenvalue weighted by atomic mass is 9.62. The molecule has 1 aliphatic rings. The Morgan fingerprint density at radius 1 is 1.40 bits per heavy atom. The highest BCUT2D eigenvalue weighted by Crippen LogP contribution is 2.46. The molecule has 0 saturated heterocycles. The lowest BCUT2D eigenvalue weighted by Crippen LogP contribution is -2.49. The summed E-state index contributed by atoms with van der Waals surface area (Å²) in [4.78, 5) is 10.8. The van der Waals surface area contributed by atoms with Crippen LogP contribution >= 0.6 is 0 Å². The molecule has 1 aliphatic carbocycles. The molecule has 2 atom stereocenters. The summed E-state index contributed by atoms with van der Waals surface area (Å²) in [6.45, 7) is 7.85. The number of aliphatic hydroxyl groups is 1. The van der Waals surface area contributed by atoms with Crippen LogP contribution in [-0.2, 0) is 9.53 Å². The van der Waals surface area contributed by atoms with Crippen molar-refractivity contribution in [3.63, 3.8) is 0 Å². The first-order chi connectivity index (χ1) is 6.76. The summed E-state index contributed by atoms with van der Waals surface area (Å²) >= 11 is 0. The van der Waals surface area contributed by atoms with E-state index < -0.39 is 5.60 Å². The van der Waals surface area contributed by atoms with E-state index in [1.165, 1.54) is 6.92 Å². The molecule has 1 N–H and O–H groups in total. The van der Waals surface area contributed by atoms with Crippen LogP contribution in [0.2, 0.25) is 0 Å². The zero-order valence-electron chi connectivity index (χ0n) is 10.2. The highest BCUT2D eigenvalue weighted by atomic mass is 16.5. The molecular weight excluding hydrogens is 192 g/mol. The van der Waals surface area contributed by atoms with Gasteiger partial charge in [0.25, 0.3) is 0 Å². The van der Waals surface area contributed by atoms with Gasteiger partial charge < -0.3 is 9.84 Å². The van der Waals surface area contributed by atoms with E-state index in [-0.39, 0.29) is 17.3 Å². The minimum atomic E-state index is -0.711. The van der Waals surface area contributed by atoms with Crippen LogP contribution in [0.3, 0.4) is 0 Å². The number of hydrogen-bond acceptors (Lipinski definition) is 3. The van der Waals surface area contributed by atoms with Crippen LogP contribution in [0, 0.1) is 11.3 Å². The summed E-state index contributed by atoms with van der Waals surface area (Å²) in [7, 11) is 0. The van der Waals surface area contributed by atoms with Crippen LogP contribution in [0.5, 0.6) is 0 Å². The molecule has 0 radical (unpaired) electrons. The Bertz CT molecular complexity index is 227. The van der Waals surface area contributed by atoms with Crippen LogP contribution in [0.1, 0.15) is 47.0 Å². The summed E-state index contributed by atoms with van der Waals surface area (Å²) in [6.07, 6.45) is 2.91. The van der Waals surface area contributed by atoms with E-state index in [1.807, 2.05) is 6.92 Å². The summed E-state index contributed by atoms with van der Waals surface area (Å²) in [5.74, 6) is -0.241. The van der Waals surface area contributed by atoms with Gasteiger partial charge in [0.2, 0.25) is 0 Å². The number of hydrogen-bond donors (Lipinski definition) is 1. The molecule has 0 aromatic carbocycles. The van der Waals surface area contributed by atoms with Crippen LogP contribution in [0.25, 0.3) is 0 Å². The number of rotatable bonds is 2. The topological polar surface area (TPSA) is 46.5 Å². The molecule has 3 heteroatoms. The van der Waals surface area contributed by atoms with Crippen molar-refractivity contribution in [1.29, 1.82) is 0 Å². The van der Waals surface area contributed by atoms with Crippen LogP contribution < -0.4 is 0 Å². The van der Waals surface area contributed by atoms with Gasteiger partial charge in [-0.1, -0.05) is 20.3 Å². The van der Waals surface area contributed by atoms with Gasteiger partial charge in [-0.2, -0.15) is 0 Å². The van der Waals surface area contributed by atoms with Crippen molar-refractivity contribution in [3.05, 3.63) is 0 Å². The smallest absolute Gasteiger partial charge is 0.302 e. The third-order valence-electron chi connectivity index (χ3n) is 3.65. The lowest BCUT2D eigenvalue weighted by molar-refractivity contribution is -0.154. The Morgan fingerprint density at radius 2 is 2.00 bits per heavy atom. The second-order valence-corrected chi connectivity index (χ2v) is 5.55. The Morgan fingerprint density at radius 3 is 2.47 bits per heavy atom. The van der Waals surface area contributed by atoms with Crippen molar-refractivity contribution in [2.24, 2.45) is 11.3 Å². The molecule has 0 spiro atoms. The van der Waals surface area contributed by atoms with Gasteiger partial charge in [-0.25, -0.2) is 0 Å². The molecule has 15 heavy (non-hydrogen) atoms. The molecule has 0 amide bonds. The molecule has 1 rings (SSSR count). The molecule has 88 valence electrons. The SMILES string of the molecule is CC(=O)OC[C@H]1C(C)(C)CCC[C@@]1(C)O. The van der Waals surface area contributed by atoms with Crippen LogP contribution in [0.15, 0.2) is 0 Å². The van der Waals surface area contributed by atoms with E-state index in [2.05, 4.69) is 13.8 Å². The standard InChI is InChI=1S/C12H22O3/c1-9(13)15-8-10-11(2,3)6-5-7-12(10,4)14/h10,14H,5-8H2,1-4H3/t10-,12+/m0/s1. The van der Waals surface area contributed by atoms with Crippen molar-refractivity contribution >= 4 is 5.97 Å². The zero-order valence-corrected chi connectivity index (χ0v) is 10.2. The van der Waals surface area contributed by atoms with E-state index in [4.69, 9.17) is 4.74 Å². The fourth-order valence-corrected chi connectivity index (χ4v) is 2.70. The minimum absolute atomic E-state index is 0.0302. The van der Waals surface area contributed by atoms with Gasteiger partial charge in [-0.3, -0.25) is 4.79 Å². The molecular formula is C12H22O3. The maximum absolute atomic E-state index is 10.8. The average Bonchev–Trinajstić information content (AvgIpc) is 1.99. The number of ether oxygens (including phenoxy) is 1. The molecule has 0 aromatic heterocycles. The molecule has 3 nitrogen and oxygen atoms in total. The van der Waals surface area contributed by atoms with E-state index >= 15 is 0 Å². The van der Waals surface area contributed by atoms with Crippen molar-refractivity contribution in [2.75, 3.05) is 6.61 Å². The number of carbonyl (C=O) groups excluding carboxylic acids is 1. The second-order valence-electron chi connectivity index (χ2n) is 5.55. The summed E-state index contributed by atoms with van der Waals surface area (Å²) < 4.78 is 5.05. The van der Waals surface area contributed by atoms with Crippen molar-refractivity contribution in [1.82, 2.24) is 0 Å². The van der Waals surface area contributed by atoms with Gasteiger partial charge in [-0.05, 0) is 25.2 Å². The number of carbonyl (C=O) groups is 1. The maximum atomic E-state index is 10.8. The first-order valence-corrected chi connectivity index (χ1v) is 5.61. The monoisotopic (exact) mass is 214 g/mol. The molecule has 1 saturated carbocycles. The quantitative estimate of drug-likeness (QED) is 0.716. The zero-order chi connectivity index (χ0) is 11.7. The first kappa shape index (κ1) is 12.5. The third-order valence-corrected chi connectivity index (χ3v) is 3.65. The van der Waals surface area contributed by atoms with E-state index in [0.29, 0.717) is 6.61 Å². The molecule has 0 heterocycles. The Labute approximate surface area is 91.8 Å². The summed E-state index contributed by atoms with van der Waals surface area (Å²) in [5, 5.41) is 10.3. The predicted octanol–water partition coefficient (Wildman–Crippen LogP) is 2.13. The fraction of sp³-hybridized carbons (Fsp3) is 0.917. The lowest BCUT2D eigenvalue weighted by Gasteiger charge is -2.47. The molecule has 0 bridgehead atoms. The van der Waals surface area contributed by atoms with Crippen molar-refractivity contribution in [3.8, 4) is 0 Å². The van der Waals surface area contributed by atoms with Gasteiger partial charge in [0.1, 0.15) is 0 Å². The molecule has 0 aliphatic heterocycles. The molecule has 0 unspecified atom stereocenters. The van der Waals surface area contributed by atoms with E-state index in [1.54, 1.807) is 0 Å². The fourth-order valence-electron chi connectivity index (χ4n) is 2.70. The minimum Gasteiger partial charge on any atom is -0.465 e. The van der Waals surface area contributed by atoms with Gasteiger partial charge in [0.05, 0.1) is 12.2 Å². The maximum Gasteiger partial charge on any atom is 0.302 e. The Hall–Kier alpha value is -0.570. The van der Waals surface area contributed by atoms with Crippen molar-refractivity contribution < 1.29 is 14.6 Å². The van der Waals surface area contributed by atoms with Gasteiger partial charge >= 0.3 is 5.97 Å². The summed E-state index contributed by atoms with van der Waals surface area (Å²) in [5.41, 5.74) is -0.672. The highest BCUT2D eigenvalue weighted by Gasteiger charge is 2.45. The molecule has 0 aromatic rings. The second kappa shape index (κ2) is 4.12.